The van der Waals surface area contributed by atoms with Gasteiger partial charge < -0.3 is 9.47 Å². The van der Waals surface area contributed by atoms with E-state index in [1.165, 1.54) is 6.08 Å². The van der Waals surface area contributed by atoms with Crippen molar-refractivity contribution in [3.63, 3.8) is 0 Å². The molecule has 72 valence electrons. The molecule has 3 heteroatoms. The molecule has 0 amide bonds. The zero-order valence-electron chi connectivity index (χ0n) is 7.57. The lowest BCUT2D eigenvalue weighted by Crippen LogP contribution is -2.19. The molecule has 2 rings (SSSR count). The van der Waals surface area contributed by atoms with Gasteiger partial charge in [0.05, 0.1) is 18.8 Å². The van der Waals surface area contributed by atoms with Crippen LogP contribution in [0.25, 0.3) is 0 Å². The van der Waals surface area contributed by atoms with E-state index in [-0.39, 0.29) is 5.97 Å². The molecule has 0 aromatic heterocycles. The predicted molar refractivity (Wildman–Crippen MR) is 47.2 cm³/mol. The van der Waals surface area contributed by atoms with Gasteiger partial charge in [-0.3, -0.25) is 0 Å². The monoisotopic (exact) mass is 182 g/mol. The maximum absolute atomic E-state index is 10.8. The van der Waals surface area contributed by atoms with Gasteiger partial charge in [0.1, 0.15) is 0 Å². The molecule has 1 saturated heterocycles. The van der Waals surface area contributed by atoms with Crippen LogP contribution in [0.1, 0.15) is 19.3 Å². The van der Waals surface area contributed by atoms with E-state index in [1.807, 2.05) is 0 Å². The number of hydrogen-bond acceptors (Lipinski definition) is 3. The maximum atomic E-state index is 10.8. The molecule has 0 aromatic carbocycles. The zero-order chi connectivity index (χ0) is 9.26. The second-order valence-corrected chi connectivity index (χ2v) is 3.73. The van der Waals surface area contributed by atoms with E-state index in [0.29, 0.717) is 24.7 Å². The summed E-state index contributed by atoms with van der Waals surface area (Å²) in [6.45, 7) is 3.87. The van der Waals surface area contributed by atoms with Gasteiger partial charge in [-0.2, -0.15) is 0 Å². The molecule has 2 aliphatic rings. The third-order valence-corrected chi connectivity index (χ3v) is 2.74. The molecule has 1 aliphatic heterocycles. The van der Waals surface area contributed by atoms with Crippen molar-refractivity contribution in [2.45, 2.75) is 31.5 Å². The molecule has 3 nitrogen and oxygen atoms in total. The summed E-state index contributed by atoms with van der Waals surface area (Å²) in [5.41, 5.74) is 0. The number of ether oxygens (including phenoxy) is 2. The predicted octanol–water partition coefficient (Wildman–Crippen LogP) is 1.28. The summed E-state index contributed by atoms with van der Waals surface area (Å²) in [7, 11) is 0. The smallest absolute Gasteiger partial charge is 0.330 e. The summed E-state index contributed by atoms with van der Waals surface area (Å²) < 4.78 is 10.4. The third-order valence-electron chi connectivity index (χ3n) is 2.74. The minimum atomic E-state index is -0.321. The molecule has 0 aromatic rings. The SMILES string of the molecule is C=CC(=O)OC[C@@H]1CC[C@@H]2O[C@H]2C1. The molecule has 13 heavy (non-hydrogen) atoms. The first-order chi connectivity index (χ1) is 6.29. The highest BCUT2D eigenvalue weighted by Gasteiger charge is 2.43. The molecule has 0 radical (unpaired) electrons. The lowest BCUT2D eigenvalue weighted by molar-refractivity contribution is -0.139. The average molecular weight is 182 g/mol. The number of rotatable bonds is 3. The highest BCUT2D eigenvalue weighted by molar-refractivity contribution is 5.81. The average Bonchev–Trinajstić information content (AvgIpc) is 2.91. The Morgan fingerprint density at radius 2 is 2.38 bits per heavy atom. The van der Waals surface area contributed by atoms with Crippen molar-refractivity contribution in [1.29, 1.82) is 0 Å². The lowest BCUT2D eigenvalue weighted by Gasteiger charge is -2.17. The minimum Gasteiger partial charge on any atom is -0.462 e. The summed E-state index contributed by atoms with van der Waals surface area (Å²) in [5, 5.41) is 0. The fourth-order valence-electron chi connectivity index (χ4n) is 1.90. The van der Waals surface area contributed by atoms with Gasteiger partial charge in [-0.1, -0.05) is 6.58 Å². The number of fused-ring (bicyclic) bond motifs is 1. The molecule has 0 bridgehead atoms. The second kappa shape index (κ2) is 3.50. The highest BCUT2D eigenvalue weighted by Crippen LogP contribution is 2.39. The second-order valence-electron chi connectivity index (χ2n) is 3.73. The quantitative estimate of drug-likeness (QED) is 0.375. The van der Waals surface area contributed by atoms with Crippen LogP contribution in [0.2, 0.25) is 0 Å². The van der Waals surface area contributed by atoms with E-state index in [2.05, 4.69) is 6.58 Å². The fourth-order valence-corrected chi connectivity index (χ4v) is 1.90. The standard InChI is InChI=1S/C10H14O3/c1-2-10(11)12-6-7-3-4-8-9(5-7)13-8/h2,7-9H,1,3-6H2/t7-,8+,9+/m1/s1. The number of esters is 1. The van der Waals surface area contributed by atoms with Gasteiger partial charge in [-0.15, -0.1) is 0 Å². The first-order valence-corrected chi connectivity index (χ1v) is 4.74. The third kappa shape index (κ3) is 2.10. The van der Waals surface area contributed by atoms with Gasteiger partial charge in [0.2, 0.25) is 0 Å². The number of epoxide rings is 1. The number of carbonyl (C=O) groups excluding carboxylic acids is 1. The Morgan fingerprint density at radius 1 is 1.54 bits per heavy atom. The molecule has 0 spiro atoms. The van der Waals surface area contributed by atoms with E-state index < -0.39 is 0 Å². The normalized spacial score (nSPS) is 36.2. The van der Waals surface area contributed by atoms with Gasteiger partial charge >= 0.3 is 5.97 Å². The topological polar surface area (TPSA) is 38.8 Å². The molecule has 1 saturated carbocycles. The van der Waals surface area contributed by atoms with Crippen molar-refractivity contribution < 1.29 is 14.3 Å². The molecule has 2 fully saturated rings. The van der Waals surface area contributed by atoms with Crippen LogP contribution < -0.4 is 0 Å². The Morgan fingerprint density at radius 3 is 3.08 bits per heavy atom. The Bertz CT molecular complexity index is 224. The van der Waals surface area contributed by atoms with Crippen molar-refractivity contribution in [3.05, 3.63) is 12.7 Å². The van der Waals surface area contributed by atoms with Gasteiger partial charge in [0.25, 0.3) is 0 Å². The molecular weight excluding hydrogens is 168 g/mol. The summed E-state index contributed by atoms with van der Waals surface area (Å²) in [4.78, 5) is 10.8. The fraction of sp³-hybridized carbons (Fsp3) is 0.700. The number of carbonyl (C=O) groups is 1. The van der Waals surface area contributed by atoms with Crippen molar-refractivity contribution in [3.8, 4) is 0 Å². The van der Waals surface area contributed by atoms with Crippen molar-refractivity contribution >= 4 is 5.97 Å². The van der Waals surface area contributed by atoms with Crippen LogP contribution in [0.3, 0.4) is 0 Å². The van der Waals surface area contributed by atoms with Crippen LogP contribution in [0.5, 0.6) is 0 Å². The van der Waals surface area contributed by atoms with Crippen LogP contribution in [-0.2, 0) is 14.3 Å². The van der Waals surface area contributed by atoms with Crippen LogP contribution in [0, 0.1) is 5.92 Å². The van der Waals surface area contributed by atoms with Gasteiger partial charge in [-0.05, 0) is 25.2 Å². The number of hydrogen-bond donors (Lipinski definition) is 0. The van der Waals surface area contributed by atoms with E-state index in [4.69, 9.17) is 9.47 Å². The zero-order valence-corrected chi connectivity index (χ0v) is 7.57. The minimum absolute atomic E-state index is 0.321. The Labute approximate surface area is 77.7 Å². The first-order valence-electron chi connectivity index (χ1n) is 4.74. The van der Waals surface area contributed by atoms with Crippen molar-refractivity contribution in [2.75, 3.05) is 6.61 Å². The first kappa shape index (κ1) is 8.75. The van der Waals surface area contributed by atoms with E-state index in [0.717, 1.165) is 19.3 Å². The summed E-state index contributed by atoms with van der Waals surface area (Å²) in [6, 6.07) is 0. The molecule has 1 heterocycles. The molecule has 1 aliphatic carbocycles. The van der Waals surface area contributed by atoms with Crippen LogP contribution >= 0.6 is 0 Å². The Balaban J connectivity index is 1.69. The van der Waals surface area contributed by atoms with E-state index >= 15 is 0 Å². The maximum Gasteiger partial charge on any atom is 0.330 e. The van der Waals surface area contributed by atoms with Crippen molar-refractivity contribution in [2.24, 2.45) is 5.92 Å². The molecular formula is C10H14O3. The van der Waals surface area contributed by atoms with Gasteiger partial charge in [0.15, 0.2) is 0 Å². The molecule has 0 unspecified atom stereocenters. The van der Waals surface area contributed by atoms with E-state index in [9.17, 15) is 4.79 Å². The van der Waals surface area contributed by atoms with Crippen LogP contribution in [0.15, 0.2) is 12.7 Å². The van der Waals surface area contributed by atoms with E-state index in [1.54, 1.807) is 0 Å². The molecule has 0 N–H and O–H groups in total. The Kier molecular flexibility index (Phi) is 2.36. The highest BCUT2D eigenvalue weighted by atomic mass is 16.6. The van der Waals surface area contributed by atoms with Crippen LogP contribution in [0.4, 0.5) is 0 Å². The largest absolute Gasteiger partial charge is 0.462 e. The van der Waals surface area contributed by atoms with Gasteiger partial charge in [-0.25, -0.2) is 4.79 Å². The summed E-state index contributed by atoms with van der Waals surface area (Å²) in [5.74, 6) is 0.173. The van der Waals surface area contributed by atoms with Gasteiger partial charge in [0, 0.05) is 6.08 Å². The summed E-state index contributed by atoms with van der Waals surface area (Å²) >= 11 is 0. The van der Waals surface area contributed by atoms with Crippen LogP contribution in [-0.4, -0.2) is 24.8 Å². The lowest BCUT2D eigenvalue weighted by atomic mass is 9.90. The molecule has 3 atom stereocenters. The Hall–Kier alpha value is -0.830. The van der Waals surface area contributed by atoms with Crippen molar-refractivity contribution in [1.82, 2.24) is 0 Å². The summed E-state index contributed by atoms with van der Waals surface area (Å²) in [6.07, 6.45) is 5.48.